The minimum atomic E-state index is 0.498. The van der Waals surface area contributed by atoms with Gasteiger partial charge in [-0.1, -0.05) is 0 Å². The maximum Gasteiger partial charge on any atom is 0.0846 e. The molecule has 124 valence electrons. The molecule has 2 aliphatic carbocycles. The zero-order chi connectivity index (χ0) is 16.3. The van der Waals surface area contributed by atoms with Crippen LogP contribution in [0.4, 0.5) is 0 Å². The van der Waals surface area contributed by atoms with E-state index < -0.39 is 0 Å². The summed E-state index contributed by atoms with van der Waals surface area (Å²) in [4.78, 5) is 4.68. The smallest absolute Gasteiger partial charge is 0.0846 e. The first-order chi connectivity index (χ1) is 11.7. The van der Waals surface area contributed by atoms with E-state index in [9.17, 15) is 0 Å². The van der Waals surface area contributed by atoms with Crippen molar-refractivity contribution in [2.45, 2.75) is 37.6 Å². The van der Waals surface area contributed by atoms with Crippen LogP contribution in [0.3, 0.4) is 0 Å². The van der Waals surface area contributed by atoms with Crippen LogP contribution in [0.25, 0.3) is 22.2 Å². The van der Waals surface area contributed by atoms with E-state index in [-0.39, 0.29) is 0 Å². The third-order valence-corrected chi connectivity index (χ3v) is 5.57. The molecule has 6 nitrogen and oxygen atoms in total. The summed E-state index contributed by atoms with van der Waals surface area (Å²) < 4.78 is 4.07. The lowest BCUT2D eigenvalue weighted by atomic mass is 9.80. The molecule has 0 unspecified atom stereocenters. The molecule has 0 aromatic carbocycles. The van der Waals surface area contributed by atoms with E-state index in [0.29, 0.717) is 17.9 Å². The summed E-state index contributed by atoms with van der Waals surface area (Å²) in [6, 6.07) is 2.52. The molecule has 0 atom stereocenters. The fourth-order valence-corrected chi connectivity index (χ4v) is 3.84. The van der Waals surface area contributed by atoms with Crippen LogP contribution < -0.4 is 5.73 Å². The number of hydrogen-bond donors (Lipinski definition) is 1. The van der Waals surface area contributed by atoms with Crippen LogP contribution in [0.15, 0.2) is 24.7 Å². The minimum Gasteiger partial charge on any atom is -0.330 e. The van der Waals surface area contributed by atoms with Gasteiger partial charge in [-0.25, -0.2) is 0 Å². The fourth-order valence-electron chi connectivity index (χ4n) is 3.84. The van der Waals surface area contributed by atoms with Gasteiger partial charge >= 0.3 is 0 Å². The molecule has 5 rings (SSSR count). The Labute approximate surface area is 140 Å². The SMILES string of the molecule is Cn1ncc2c(-c3cn(C4CC(CN)C4)nc3C3CC3)nccc21. The lowest BCUT2D eigenvalue weighted by molar-refractivity contribution is 0.189. The van der Waals surface area contributed by atoms with Crippen LogP contribution in [-0.4, -0.2) is 31.1 Å². The van der Waals surface area contributed by atoms with Gasteiger partial charge < -0.3 is 5.73 Å². The Kier molecular flexibility index (Phi) is 3.03. The molecule has 2 fully saturated rings. The number of aromatic nitrogens is 5. The first kappa shape index (κ1) is 14.2. The topological polar surface area (TPSA) is 74.5 Å². The second-order valence-electron chi connectivity index (χ2n) is 7.27. The number of hydrogen-bond acceptors (Lipinski definition) is 4. The van der Waals surface area contributed by atoms with E-state index in [4.69, 9.17) is 10.8 Å². The summed E-state index contributed by atoms with van der Waals surface area (Å²) in [6.07, 6.45) is 10.8. The highest BCUT2D eigenvalue weighted by molar-refractivity contribution is 5.92. The quantitative estimate of drug-likeness (QED) is 0.801. The summed E-state index contributed by atoms with van der Waals surface area (Å²) in [6.45, 7) is 0.788. The summed E-state index contributed by atoms with van der Waals surface area (Å²) >= 11 is 0. The first-order valence-corrected chi connectivity index (χ1v) is 8.80. The van der Waals surface area contributed by atoms with Crippen LogP contribution in [-0.2, 0) is 7.05 Å². The Morgan fingerprint density at radius 3 is 2.88 bits per heavy atom. The number of rotatable bonds is 4. The molecule has 0 bridgehead atoms. The van der Waals surface area contributed by atoms with Crippen molar-refractivity contribution >= 4 is 10.9 Å². The van der Waals surface area contributed by atoms with Crippen molar-refractivity contribution in [3.05, 3.63) is 30.4 Å². The standard InChI is InChI=1S/C18H22N6/c1-23-16-4-5-20-18(14(16)9-21-23)15-10-24(13-6-11(7-13)8-19)22-17(15)12-2-3-12/h4-5,9-13H,2-3,6-8,19H2,1H3. The molecule has 0 spiro atoms. The van der Waals surface area contributed by atoms with Gasteiger partial charge in [0.05, 0.1) is 29.1 Å². The van der Waals surface area contributed by atoms with Gasteiger partial charge in [-0.2, -0.15) is 10.2 Å². The van der Waals surface area contributed by atoms with Crippen molar-refractivity contribution in [1.82, 2.24) is 24.5 Å². The maximum absolute atomic E-state index is 5.77. The highest BCUT2D eigenvalue weighted by Gasteiger charge is 2.35. The zero-order valence-electron chi connectivity index (χ0n) is 13.9. The van der Waals surface area contributed by atoms with Gasteiger partial charge in [0.25, 0.3) is 0 Å². The van der Waals surface area contributed by atoms with Gasteiger partial charge in [0.2, 0.25) is 0 Å². The van der Waals surface area contributed by atoms with E-state index in [1.165, 1.54) is 24.1 Å². The zero-order valence-corrected chi connectivity index (χ0v) is 13.9. The molecule has 0 aliphatic heterocycles. The normalized spacial score (nSPS) is 23.6. The van der Waals surface area contributed by atoms with E-state index >= 15 is 0 Å². The monoisotopic (exact) mass is 322 g/mol. The van der Waals surface area contributed by atoms with Gasteiger partial charge in [0.1, 0.15) is 0 Å². The van der Waals surface area contributed by atoms with Crippen molar-refractivity contribution in [1.29, 1.82) is 0 Å². The van der Waals surface area contributed by atoms with Gasteiger partial charge in [-0.15, -0.1) is 0 Å². The Morgan fingerprint density at radius 1 is 1.29 bits per heavy atom. The van der Waals surface area contributed by atoms with Crippen LogP contribution in [0.1, 0.15) is 43.3 Å². The molecular formula is C18H22N6. The number of pyridine rings is 1. The second kappa shape index (κ2) is 5.14. The largest absolute Gasteiger partial charge is 0.330 e. The molecule has 24 heavy (non-hydrogen) atoms. The maximum atomic E-state index is 5.77. The predicted molar refractivity (Wildman–Crippen MR) is 92.5 cm³/mol. The third kappa shape index (κ3) is 2.09. The highest BCUT2D eigenvalue weighted by Crippen LogP contribution is 2.46. The van der Waals surface area contributed by atoms with Crippen LogP contribution in [0, 0.1) is 5.92 Å². The van der Waals surface area contributed by atoms with Crippen molar-refractivity contribution in [2.24, 2.45) is 18.7 Å². The molecule has 3 aromatic heterocycles. The molecular weight excluding hydrogens is 300 g/mol. The summed E-state index contributed by atoms with van der Waals surface area (Å²) in [5.41, 5.74) is 10.3. The third-order valence-electron chi connectivity index (χ3n) is 5.57. The average Bonchev–Trinajstić information content (AvgIpc) is 3.20. The van der Waals surface area contributed by atoms with E-state index in [2.05, 4.69) is 21.0 Å². The molecule has 0 radical (unpaired) electrons. The lowest BCUT2D eigenvalue weighted by Crippen LogP contribution is -2.32. The molecule has 0 saturated heterocycles. The molecule has 2 aliphatic rings. The summed E-state index contributed by atoms with van der Waals surface area (Å²) in [5, 5.41) is 10.5. The van der Waals surface area contributed by atoms with Crippen LogP contribution in [0.5, 0.6) is 0 Å². The van der Waals surface area contributed by atoms with Crippen molar-refractivity contribution in [3.63, 3.8) is 0 Å². The van der Waals surface area contributed by atoms with Gasteiger partial charge in [-0.3, -0.25) is 14.3 Å². The Morgan fingerprint density at radius 2 is 2.12 bits per heavy atom. The first-order valence-electron chi connectivity index (χ1n) is 8.80. The van der Waals surface area contributed by atoms with E-state index in [1.54, 1.807) is 0 Å². The number of nitrogens with two attached hydrogens (primary N) is 1. The van der Waals surface area contributed by atoms with Gasteiger partial charge in [0.15, 0.2) is 0 Å². The van der Waals surface area contributed by atoms with Crippen molar-refractivity contribution in [2.75, 3.05) is 6.54 Å². The average molecular weight is 322 g/mol. The fraction of sp³-hybridized carbons (Fsp3) is 0.500. The molecule has 2 saturated carbocycles. The Balaban J connectivity index is 1.60. The van der Waals surface area contributed by atoms with E-state index in [1.807, 2.05) is 30.2 Å². The number of fused-ring (bicyclic) bond motifs is 1. The Hall–Kier alpha value is -2.21. The molecule has 0 amide bonds. The highest BCUT2D eigenvalue weighted by atomic mass is 15.3. The molecule has 3 aromatic rings. The summed E-state index contributed by atoms with van der Waals surface area (Å²) in [7, 11) is 1.97. The number of nitrogens with zero attached hydrogens (tertiary/aromatic N) is 5. The van der Waals surface area contributed by atoms with Crippen LogP contribution in [0.2, 0.25) is 0 Å². The van der Waals surface area contributed by atoms with Crippen LogP contribution >= 0.6 is 0 Å². The predicted octanol–water partition coefficient (Wildman–Crippen LogP) is 2.62. The second-order valence-corrected chi connectivity index (χ2v) is 7.27. The molecule has 2 N–H and O–H groups in total. The molecule has 6 heteroatoms. The minimum absolute atomic E-state index is 0.498. The number of aryl methyl sites for hydroxylation is 1. The van der Waals surface area contributed by atoms with Crippen molar-refractivity contribution in [3.8, 4) is 11.3 Å². The van der Waals surface area contributed by atoms with Crippen molar-refractivity contribution < 1.29 is 0 Å². The van der Waals surface area contributed by atoms with Gasteiger partial charge in [-0.05, 0) is 44.2 Å². The van der Waals surface area contributed by atoms with Gasteiger partial charge in [0, 0.05) is 36.3 Å². The summed E-state index contributed by atoms with van der Waals surface area (Å²) in [5.74, 6) is 1.26. The van der Waals surface area contributed by atoms with E-state index in [0.717, 1.165) is 36.0 Å². The Bertz CT molecular complexity index is 898. The lowest BCUT2D eigenvalue weighted by Gasteiger charge is -2.34. The molecule has 3 heterocycles.